The largest absolute Gasteiger partial charge is 0.337 e. The van der Waals surface area contributed by atoms with E-state index in [4.69, 9.17) is 0 Å². The lowest BCUT2D eigenvalue weighted by atomic mass is 10.0. The van der Waals surface area contributed by atoms with Crippen LogP contribution in [-0.4, -0.2) is 9.55 Å². The van der Waals surface area contributed by atoms with Crippen LogP contribution in [0.4, 0.5) is 0 Å². The molecule has 3 rings (SSSR count). The monoisotopic (exact) mass is 255 g/mol. The molecule has 1 N–H and O–H groups in total. The Bertz CT molecular complexity index is 571. The van der Waals surface area contributed by atoms with E-state index < -0.39 is 0 Å². The number of nitrogens with one attached hydrogen (secondary N) is 1. The topological polar surface area (TPSA) is 29.9 Å². The average Bonchev–Trinajstić information content (AvgIpc) is 3.03. The van der Waals surface area contributed by atoms with Crippen molar-refractivity contribution in [1.29, 1.82) is 0 Å². The lowest BCUT2D eigenvalue weighted by Gasteiger charge is -2.15. The molecule has 3 nitrogen and oxygen atoms in total. The maximum absolute atomic E-state index is 4.34. The molecule has 3 heteroatoms. The molecule has 1 aliphatic rings. The summed E-state index contributed by atoms with van der Waals surface area (Å²) in [6, 6.07) is 7.30. The predicted octanol–water partition coefficient (Wildman–Crippen LogP) is 2.76. The Labute approximate surface area is 114 Å². The normalized spacial score (nSPS) is 15.5. The minimum absolute atomic E-state index is 0.364. The van der Waals surface area contributed by atoms with Crippen molar-refractivity contribution in [2.75, 3.05) is 0 Å². The Kier molecular flexibility index (Phi) is 3.38. The highest BCUT2D eigenvalue weighted by Gasteiger charge is 2.13. The first kappa shape index (κ1) is 12.4. The van der Waals surface area contributed by atoms with Gasteiger partial charge in [-0.25, -0.2) is 4.98 Å². The van der Waals surface area contributed by atoms with Crippen LogP contribution in [0, 0.1) is 0 Å². The fourth-order valence-corrected chi connectivity index (χ4v) is 2.79. The molecular formula is C16H21N3. The Hall–Kier alpha value is -1.61. The van der Waals surface area contributed by atoms with Gasteiger partial charge >= 0.3 is 0 Å². The molecule has 1 aromatic carbocycles. The third-order valence-electron chi connectivity index (χ3n) is 4.11. The number of nitrogens with zero attached hydrogens (tertiary/aromatic N) is 2. The molecule has 0 bridgehead atoms. The number of rotatable bonds is 4. The average molecular weight is 255 g/mol. The summed E-state index contributed by atoms with van der Waals surface area (Å²) in [7, 11) is 2.03. The van der Waals surface area contributed by atoms with Gasteiger partial charge in [0.25, 0.3) is 0 Å². The molecule has 0 spiro atoms. The molecular weight excluding hydrogens is 234 g/mol. The van der Waals surface area contributed by atoms with E-state index in [0.717, 1.165) is 12.4 Å². The van der Waals surface area contributed by atoms with Gasteiger partial charge in [-0.05, 0) is 42.9 Å². The van der Waals surface area contributed by atoms with Crippen molar-refractivity contribution in [2.24, 2.45) is 7.05 Å². The summed E-state index contributed by atoms with van der Waals surface area (Å²) < 4.78 is 2.06. The van der Waals surface area contributed by atoms with E-state index in [1.165, 1.54) is 24.8 Å². The zero-order valence-corrected chi connectivity index (χ0v) is 11.7. The van der Waals surface area contributed by atoms with Crippen LogP contribution in [0.1, 0.15) is 41.9 Å². The second kappa shape index (κ2) is 5.17. The Morgan fingerprint density at radius 3 is 2.95 bits per heavy atom. The van der Waals surface area contributed by atoms with Crippen molar-refractivity contribution in [3.8, 4) is 0 Å². The third-order valence-corrected chi connectivity index (χ3v) is 4.11. The molecule has 0 aliphatic heterocycles. The molecule has 0 radical (unpaired) electrons. The van der Waals surface area contributed by atoms with Crippen LogP contribution in [0.3, 0.4) is 0 Å². The van der Waals surface area contributed by atoms with Crippen LogP contribution in [-0.2, 0) is 26.4 Å². The summed E-state index contributed by atoms with van der Waals surface area (Å²) in [4.78, 5) is 4.34. The minimum atomic E-state index is 0.364. The van der Waals surface area contributed by atoms with Crippen molar-refractivity contribution < 1.29 is 0 Å². The van der Waals surface area contributed by atoms with Crippen LogP contribution in [0.15, 0.2) is 30.6 Å². The summed E-state index contributed by atoms with van der Waals surface area (Å²) in [6.45, 7) is 3.03. The van der Waals surface area contributed by atoms with Gasteiger partial charge in [-0.2, -0.15) is 0 Å². The number of fused-ring (bicyclic) bond motifs is 1. The molecule has 100 valence electrons. The Morgan fingerprint density at radius 1 is 1.32 bits per heavy atom. The van der Waals surface area contributed by atoms with E-state index in [1.54, 1.807) is 11.1 Å². The van der Waals surface area contributed by atoms with E-state index >= 15 is 0 Å². The van der Waals surface area contributed by atoms with Gasteiger partial charge in [0.15, 0.2) is 0 Å². The first-order valence-electron chi connectivity index (χ1n) is 7.05. The number of hydrogen-bond donors (Lipinski definition) is 1. The number of imidazole rings is 1. The van der Waals surface area contributed by atoms with Crippen LogP contribution < -0.4 is 5.32 Å². The van der Waals surface area contributed by atoms with Gasteiger partial charge in [0, 0.05) is 25.5 Å². The van der Waals surface area contributed by atoms with Gasteiger partial charge in [-0.3, -0.25) is 0 Å². The standard InChI is InChI=1S/C16H21N3/c1-12(18-11-16-17-8-9-19(16)2)14-7-6-13-4-3-5-15(13)10-14/h6-10,12,18H,3-5,11H2,1-2H3. The highest BCUT2D eigenvalue weighted by Crippen LogP contribution is 2.25. The molecule has 1 aliphatic carbocycles. The molecule has 19 heavy (non-hydrogen) atoms. The SMILES string of the molecule is CC(NCc1nccn1C)c1ccc2c(c1)CCC2. The first-order chi connectivity index (χ1) is 9.24. The van der Waals surface area contributed by atoms with Crippen LogP contribution >= 0.6 is 0 Å². The van der Waals surface area contributed by atoms with E-state index in [-0.39, 0.29) is 0 Å². The number of aromatic nitrogens is 2. The fourth-order valence-electron chi connectivity index (χ4n) is 2.79. The van der Waals surface area contributed by atoms with Gasteiger partial charge in [0.1, 0.15) is 5.82 Å². The predicted molar refractivity (Wildman–Crippen MR) is 76.9 cm³/mol. The molecule has 2 aromatic rings. The Balaban J connectivity index is 1.67. The summed E-state index contributed by atoms with van der Waals surface area (Å²) in [5, 5.41) is 3.55. The number of aryl methyl sites for hydroxylation is 3. The van der Waals surface area contributed by atoms with E-state index in [2.05, 4.69) is 40.0 Å². The van der Waals surface area contributed by atoms with E-state index in [0.29, 0.717) is 6.04 Å². The second-order valence-corrected chi connectivity index (χ2v) is 5.44. The molecule has 0 saturated carbocycles. The van der Waals surface area contributed by atoms with Gasteiger partial charge in [0.2, 0.25) is 0 Å². The quantitative estimate of drug-likeness (QED) is 0.910. The Morgan fingerprint density at radius 2 is 2.16 bits per heavy atom. The highest BCUT2D eigenvalue weighted by atomic mass is 15.1. The van der Waals surface area contributed by atoms with E-state index in [9.17, 15) is 0 Å². The van der Waals surface area contributed by atoms with Crippen molar-refractivity contribution in [1.82, 2.24) is 14.9 Å². The summed E-state index contributed by atoms with van der Waals surface area (Å²) in [5.74, 6) is 1.08. The van der Waals surface area contributed by atoms with Crippen LogP contribution in [0.2, 0.25) is 0 Å². The maximum Gasteiger partial charge on any atom is 0.122 e. The zero-order valence-electron chi connectivity index (χ0n) is 11.7. The van der Waals surface area contributed by atoms with Gasteiger partial charge < -0.3 is 9.88 Å². The fraction of sp³-hybridized carbons (Fsp3) is 0.438. The van der Waals surface area contributed by atoms with Crippen LogP contribution in [0.5, 0.6) is 0 Å². The van der Waals surface area contributed by atoms with Crippen molar-refractivity contribution in [3.05, 3.63) is 53.1 Å². The first-order valence-corrected chi connectivity index (χ1v) is 7.05. The molecule has 0 saturated heterocycles. The van der Waals surface area contributed by atoms with Crippen LogP contribution in [0.25, 0.3) is 0 Å². The molecule has 1 unspecified atom stereocenters. The van der Waals surface area contributed by atoms with Crippen molar-refractivity contribution in [2.45, 2.75) is 38.8 Å². The second-order valence-electron chi connectivity index (χ2n) is 5.44. The summed E-state index contributed by atoms with van der Waals surface area (Å²) in [5.41, 5.74) is 4.47. The molecule has 0 amide bonds. The van der Waals surface area contributed by atoms with Gasteiger partial charge in [0.05, 0.1) is 6.54 Å². The molecule has 1 heterocycles. The van der Waals surface area contributed by atoms with Gasteiger partial charge in [-0.1, -0.05) is 18.2 Å². The summed E-state index contributed by atoms with van der Waals surface area (Å²) >= 11 is 0. The smallest absolute Gasteiger partial charge is 0.122 e. The zero-order chi connectivity index (χ0) is 13.2. The third kappa shape index (κ3) is 2.56. The van der Waals surface area contributed by atoms with Crippen molar-refractivity contribution in [3.63, 3.8) is 0 Å². The van der Waals surface area contributed by atoms with Gasteiger partial charge in [-0.15, -0.1) is 0 Å². The minimum Gasteiger partial charge on any atom is -0.337 e. The highest BCUT2D eigenvalue weighted by molar-refractivity contribution is 5.36. The summed E-state index contributed by atoms with van der Waals surface area (Å²) in [6.07, 6.45) is 7.64. The lowest BCUT2D eigenvalue weighted by Crippen LogP contribution is -2.20. The number of benzene rings is 1. The maximum atomic E-state index is 4.34. The molecule has 1 atom stereocenters. The molecule has 0 fully saturated rings. The molecule has 1 aromatic heterocycles. The lowest BCUT2D eigenvalue weighted by molar-refractivity contribution is 0.549. The number of hydrogen-bond acceptors (Lipinski definition) is 2. The van der Waals surface area contributed by atoms with E-state index in [1.807, 2.05) is 19.4 Å². The van der Waals surface area contributed by atoms with Crippen molar-refractivity contribution >= 4 is 0 Å².